The Morgan fingerprint density at radius 2 is 2.00 bits per heavy atom. The van der Waals surface area contributed by atoms with Crippen molar-refractivity contribution in [1.29, 1.82) is 0 Å². The molecule has 3 N–H and O–H groups in total. The Morgan fingerprint density at radius 3 is 2.47 bits per heavy atom. The number of methoxy groups -OCH3 is 1. The van der Waals surface area contributed by atoms with Gasteiger partial charge >= 0.3 is 5.97 Å². The van der Waals surface area contributed by atoms with Crippen LogP contribution in [0.1, 0.15) is 40.0 Å². The van der Waals surface area contributed by atoms with E-state index in [1.165, 1.54) is 18.9 Å². The number of primary amides is 1. The highest BCUT2D eigenvalue weighted by molar-refractivity contribution is 7.99. The average molecular weight is 290 g/mol. The number of hydrogen-bond donors (Lipinski definition) is 2. The molecule has 0 bridgehead atoms. The van der Waals surface area contributed by atoms with Crippen LogP contribution in [-0.2, 0) is 14.3 Å². The minimum absolute atomic E-state index is 0.216. The van der Waals surface area contributed by atoms with Crippen molar-refractivity contribution < 1.29 is 14.3 Å². The molecule has 0 rings (SSSR count). The molecule has 0 heterocycles. The predicted molar refractivity (Wildman–Crippen MR) is 79.1 cm³/mol. The van der Waals surface area contributed by atoms with E-state index < -0.39 is 5.54 Å². The van der Waals surface area contributed by atoms with Gasteiger partial charge in [-0.25, -0.2) is 0 Å². The monoisotopic (exact) mass is 290 g/mol. The van der Waals surface area contributed by atoms with E-state index in [1.54, 1.807) is 0 Å². The zero-order chi connectivity index (χ0) is 14.9. The molecule has 0 aliphatic carbocycles. The molecule has 0 saturated heterocycles. The van der Waals surface area contributed by atoms with Gasteiger partial charge in [0.2, 0.25) is 5.91 Å². The molecule has 6 heteroatoms. The Bertz CT molecular complexity index is 298. The molecule has 5 nitrogen and oxygen atoms in total. The van der Waals surface area contributed by atoms with Crippen LogP contribution in [0.5, 0.6) is 0 Å². The molecule has 0 fully saturated rings. The van der Waals surface area contributed by atoms with Gasteiger partial charge in [0, 0.05) is 6.04 Å². The minimum Gasteiger partial charge on any atom is -0.468 e. The van der Waals surface area contributed by atoms with Crippen molar-refractivity contribution in [1.82, 2.24) is 5.32 Å². The van der Waals surface area contributed by atoms with Crippen molar-refractivity contribution in [3.8, 4) is 0 Å². The van der Waals surface area contributed by atoms with Gasteiger partial charge in [-0.05, 0) is 39.4 Å². The second-order valence-electron chi connectivity index (χ2n) is 5.10. The zero-order valence-electron chi connectivity index (χ0n) is 12.3. The lowest BCUT2D eigenvalue weighted by Crippen LogP contribution is -2.52. The summed E-state index contributed by atoms with van der Waals surface area (Å²) in [5.41, 5.74) is 4.42. The van der Waals surface area contributed by atoms with Crippen LogP contribution in [0.4, 0.5) is 0 Å². The highest BCUT2D eigenvalue weighted by atomic mass is 32.2. The van der Waals surface area contributed by atoms with Gasteiger partial charge in [0.05, 0.1) is 12.9 Å². The fraction of sp³-hybridized carbons (Fsp3) is 0.846. The number of nitrogens with two attached hydrogens (primary N) is 1. The van der Waals surface area contributed by atoms with Crippen LogP contribution in [0, 0.1) is 0 Å². The van der Waals surface area contributed by atoms with Crippen LogP contribution in [0.2, 0.25) is 0 Å². The lowest BCUT2D eigenvalue weighted by atomic mass is 9.94. The van der Waals surface area contributed by atoms with E-state index in [-0.39, 0.29) is 17.9 Å². The number of unbranched alkanes of at least 4 members (excludes halogenated alkanes) is 1. The van der Waals surface area contributed by atoms with Gasteiger partial charge < -0.3 is 10.5 Å². The Kier molecular flexibility index (Phi) is 8.84. The number of amides is 1. The molecule has 19 heavy (non-hydrogen) atoms. The lowest BCUT2D eigenvalue weighted by Gasteiger charge is -2.30. The van der Waals surface area contributed by atoms with E-state index in [2.05, 4.69) is 5.32 Å². The third-order valence-electron chi connectivity index (χ3n) is 2.70. The van der Waals surface area contributed by atoms with E-state index in [1.807, 2.05) is 20.8 Å². The van der Waals surface area contributed by atoms with Crippen molar-refractivity contribution in [2.75, 3.05) is 18.6 Å². The Balaban J connectivity index is 4.06. The number of nitrogens with one attached hydrogen (secondary N) is 1. The van der Waals surface area contributed by atoms with Crippen LogP contribution in [0.25, 0.3) is 0 Å². The summed E-state index contributed by atoms with van der Waals surface area (Å²) >= 11 is 1.53. The van der Waals surface area contributed by atoms with Gasteiger partial charge in [-0.1, -0.05) is 6.42 Å². The van der Waals surface area contributed by atoms with Gasteiger partial charge in [0.25, 0.3) is 0 Å². The summed E-state index contributed by atoms with van der Waals surface area (Å²) in [5, 5.41) is 3.26. The molecular weight excluding hydrogens is 264 g/mol. The molecule has 0 aromatic carbocycles. The first-order chi connectivity index (χ1) is 8.81. The molecule has 112 valence electrons. The SMILES string of the molecule is COC(=O)C(C)(CCCCSCC(N)=O)NC(C)C. The van der Waals surface area contributed by atoms with Crippen molar-refractivity contribution >= 4 is 23.6 Å². The smallest absolute Gasteiger partial charge is 0.325 e. The van der Waals surface area contributed by atoms with Crippen molar-refractivity contribution in [3.63, 3.8) is 0 Å². The van der Waals surface area contributed by atoms with E-state index in [9.17, 15) is 9.59 Å². The van der Waals surface area contributed by atoms with Crippen LogP contribution in [-0.4, -0.2) is 42.1 Å². The summed E-state index contributed by atoms with van der Waals surface area (Å²) in [5.74, 6) is 0.720. The molecule has 1 unspecified atom stereocenters. The standard InChI is InChI=1S/C13H26N2O3S/c1-10(2)15-13(3,12(17)18-4)7-5-6-8-19-9-11(14)16/h10,15H,5-9H2,1-4H3,(H2,14,16). The molecule has 1 atom stereocenters. The van der Waals surface area contributed by atoms with E-state index >= 15 is 0 Å². The van der Waals surface area contributed by atoms with Crippen molar-refractivity contribution in [2.45, 2.75) is 51.6 Å². The second kappa shape index (κ2) is 9.20. The van der Waals surface area contributed by atoms with Gasteiger partial charge in [-0.2, -0.15) is 11.8 Å². The number of thioether (sulfide) groups is 1. The molecule has 0 spiro atoms. The molecule has 0 aromatic rings. The third-order valence-corrected chi connectivity index (χ3v) is 3.77. The highest BCUT2D eigenvalue weighted by Crippen LogP contribution is 2.18. The van der Waals surface area contributed by atoms with Gasteiger partial charge in [-0.3, -0.25) is 14.9 Å². The van der Waals surface area contributed by atoms with Crippen LogP contribution >= 0.6 is 11.8 Å². The fourth-order valence-electron chi connectivity index (χ4n) is 1.95. The molecule has 0 aliphatic heterocycles. The Hall–Kier alpha value is -0.750. The van der Waals surface area contributed by atoms with E-state index in [4.69, 9.17) is 10.5 Å². The van der Waals surface area contributed by atoms with Crippen LogP contribution in [0.15, 0.2) is 0 Å². The summed E-state index contributed by atoms with van der Waals surface area (Å²) in [7, 11) is 1.41. The maximum Gasteiger partial charge on any atom is 0.325 e. The predicted octanol–water partition coefficient (Wildman–Crippen LogP) is 1.30. The van der Waals surface area contributed by atoms with Gasteiger partial charge in [-0.15, -0.1) is 0 Å². The molecule has 0 aliphatic rings. The van der Waals surface area contributed by atoms with Gasteiger partial charge in [0.1, 0.15) is 5.54 Å². The van der Waals surface area contributed by atoms with E-state index in [0.29, 0.717) is 5.75 Å². The molecule has 1 amide bonds. The minimum atomic E-state index is -0.642. The molecule has 0 aromatic heterocycles. The fourth-order valence-corrected chi connectivity index (χ4v) is 2.70. The maximum absolute atomic E-state index is 11.8. The summed E-state index contributed by atoms with van der Waals surface area (Å²) < 4.78 is 4.86. The third kappa shape index (κ3) is 8.10. The first kappa shape index (κ1) is 18.2. The zero-order valence-corrected chi connectivity index (χ0v) is 13.1. The van der Waals surface area contributed by atoms with E-state index in [0.717, 1.165) is 25.0 Å². The van der Waals surface area contributed by atoms with Crippen LogP contribution in [0.3, 0.4) is 0 Å². The second-order valence-corrected chi connectivity index (χ2v) is 6.20. The quantitative estimate of drug-likeness (QED) is 0.468. The summed E-state index contributed by atoms with van der Waals surface area (Å²) in [6, 6.07) is 0.216. The maximum atomic E-state index is 11.8. The van der Waals surface area contributed by atoms with Crippen molar-refractivity contribution in [2.24, 2.45) is 5.73 Å². The number of esters is 1. The number of ether oxygens (including phenoxy) is 1. The summed E-state index contributed by atoms with van der Waals surface area (Å²) in [6.45, 7) is 5.88. The molecule has 0 saturated carbocycles. The number of carbonyl (C=O) groups excluding carboxylic acids is 2. The number of rotatable bonds is 10. The first-order valence-electron chi connectivity index (χ1n) is 6.54. The molecular formula is C13H26N2O3S. The highest BCUT2D eigenvalue weighted by Gasteiger charge is 2.33. The lowest BCUT2D eigenvalue weighted by molar-refractivity contribution is -0.148. The largest absolute Gasteiger partial charge is 0.468 e. The van der Waals surface area contributed by atoms with Gasteiger partial charge in [0.15, 0.2) is 0 Å². The molecule has 0 radical (unpaired) electrons. The normalized spacial score (nSPS) is 14.2. The van der Waals surface area contributed by atoms with Crippen LogP contribution < -0.4 is 11.1 Å². The first-order valence-corrected chi connectivity index (χ1v) is 7.69. The number of carbonyl (C=O) groups is 2. The van der Waals surface area contributed by atoms with Crippen molar-refractivity contribution in [3.05, 3.63) is 0 Å². The summed E-state index contributed by atoms with van der Waals surface area (Å²) in [4.78, 5) is 22.4. The average Bonchev–Trinajstić information content (AvgIpc) is 2.31. The number of hydrogen-bond acceptors (Lipinski definition) is 5. The Labute approximate surface area is 120 Å². The Morgan fingerprint density at radius 1 is 1.37 bits per heavy atom. The topological polar surface area (TPSA) is 81.4 Å². The summed E-state index contributed by atoms with van der Waals surface area (Å²) in [6.07, 6.45) is 2.57.